The second-order valence-electron chi connectivity index (χ2n) is 4.87. The molecule has 2 aliphatic rings. The van der Waals surface area contributed by atoms with E-state index in [0.29, 0.717) is 25.3 Å². The molecule has 0 bridgehead atoms. The van der Waals surface area contributed by atoms with Gasteiger partial charge in [0, 0.05) is 26.2 Å². The highest BCUT2D eigenvalue weighted by atomic mass is 16.5. The molecule has 2 rings (SSSR count). The maximum atomic E-state index is 10.9. The molecular formula is C12H21NO4. The zero-order chi connectivity index (χ0) is 12.3. The van der Waals surface area contributed by atoms with E-state index in [2.05, 4.69) is 4.90 Å². The minimum atomic E-state index is -0.853. The molecule has 0 aromatic heterocycles. The first-order valence-corrected chi connectivity index (χ1v) is 6.32. The summed E-state index contributed by atoms with van der Waals surface area (Å²) in [5.41, 5.74) is 0. The van der Waals surface area contributed by atoms with Crippen LogP contribution in [0.3, 0.4) is 0 Å². The van der Waals surface area contributed by atoms with E-state index < -0.39 is 12.1 Å². The van der Waals surface area contributed by atoms with Crippen molar-refractivity contribution >= 4 is 5.97 Å². The molecule has 98 valence electrons. The zero-order valence-electron chi connectivity index (χ0n) is 10.3. The molecule has 5 heteroatoms. The molecule has 1 aliphatic heterocycles. The Kier molecular flexibility index (Phi) is 4.36. The zero-order valence-corrected chi connectivity index (χ0v) is 10.3. The van der Waals surface area contributed by atoms with E-state index in [-0.39, 0.29) is 0 Å². The third-order valence-electron chi connectivity index (χ3n) is 3.82. The van der Waals surface area contributed by atoms with E-state index in [1.54, 1.807) is 7.11 Å². The van der Waals surface area contributed by atoms with E-state index in [9.17, 15) is 4.79 Å². The number of carboxylic acids is 1. The fourth-order valence-electron chi connectivity index (χ4n) is 2.82. The van der Waals surface area contributed by atoms with E-state index in [1.165, 1.54) is 0 Å². The molecule has 0 radical (unpaired) electrons. The molecule has 1 aliphatic carbocycles. The first-order chi connectivity index (χ1) is 8.20. The van der Waals surface area contributed by atoms with Crippen LogP contribution in [0.2, 0.25) is 0 Å². The Morgan fingerprint density at radius 2 is 2.29 bits per heavy atom. The highest BCUT2D eigenvalue weighted by molar-refractivity contribution is 5.72. The van der Waals surface area contributed by atoms with Gasteiger partial charge in [-0.25, -0.2) is 4.79 Å². The number of hydrogen-bond acceptors (Lipinski definition) is 4. The first-order valence-electron chi connectivity index (χ1n) is 6.32. The number of morpholine rings is 1. The lowest BCUT2D eigenvalue weighted by Gasteiger charge is -2.40. The number of carbonyl (C=O) groups is 1. The molecule has 0 aromatic rings. The Bertz CT molecular complexity index is 271. The number of aliphatic carboxylic acids is 1. The normalized spacial score (nSPS) is 35.7. The van der Waals surface area contributed by atoms with Crippen LogP contribution in [0.1, 0.15) is 25.7 Å². The van der Waals surface area contributed by atoms with Gasteiger partial charge in [0.1, 0.15) is 0 Å². The van der Waals surface area contributed by atoms with Gasteiger partial charge in [-0.3, -0.25) is 4.90 Å². The van der Waals surface area contributed by atoms with E-state index in [0.717, 1.165) is 32.2 Å². The van der Waals surface area contributed by atoms with Crippen molar-refractivity contribution in [2.45, 2.75) is 43.9 Å². The molecular weight excluding hydrogens is 222 g/mol. The van der Waals surface area contributed by atoms with Crippen LogP contribution in [0.15, 0.2) is 0 Å². The summed E-state index contributed by atoms with van der Waals surface area (Å²) in [6.45, 7) is 1.87. The van der Waals surface area contributed by atoms with Gasteiger partial charge in [0.05, 0.1) is 12.7 Å². The Labute approximate surface area is 102 Å². The van der Waals surface area contributed by atoms with Crippen LogP contribution in [0.4, 0.5) is 0 Å². The molecule has 0 aromatic carbocycles. The molecule has 1 saturated heterocycles. The summed E-state index contributed by atoms with van der Waals surface area (Å²) in [7, 11) is 1.76. The standard InChI is InChI=1S/C12H21NO4/c1-16-10-4-2-3-9(7-10)13-5-6-17-11(8-13)12(14)15/h9-11H,2-8H2,1H3,(H,14,15). The largest absolute Gasteiger partial charge is 0.479 e. The van der Waals surface area contributed by atoms with Crippen molar-refractivity contribution in [2.24, 2.45) is 0 Å². The van der Waals surface area contributed by atoms with Gasteiger partial charge in [0.2, 0.25) is 0 Å². The van der Waals surface area contributed by atoms with Crippen LogP contribution < -0.4 is 0 Å². The average Bonchev–Trinajstić information content (AvgIpc) is 2.39. The minimum absolute atomic E-state index is 0.333. The van der Waals surface area contributed by atoms with Gasteiger partial charge in [-0.2, -0.15) is 0 Å². The molecule has 0 amide bonds. The average molecular weight is 243 g/mol. The van der Waals surface area contributed by atoms with Gasteiger partial charge in [0.15, 0.2) is 6.10 Å². The second kappa shape index (κ2) is 5.80. The van der Waals surface area contributed by atoms with E-state index in [1.807, 2.05) is 0 Å². The summed E-state index contributed by atoms with van der Waals surface area (Å²) >= 11 is 0. The topological polar surface area (TPSA) is 59.0 Å². The highest BCUT2D eigenvalue weighted by Gasteiger charge is 2.33. The Hall–Kier alpha value is -0.650. The van der Waals surface area contributed by atoms with Crippen LogP contribution in [0, 0.1) is 0 Å². The van der Waals surface area contributed by atoms with Crippen LogP contribution in [0.25, 0.3) is 0 Å². The van der Waals surface area contributed by atoms with Gasteiger partial charge in [-0.15, -0.1) is 0 Å². The summed E-state index contributed by atoms with van der Waals surface area (Å²) in [5, 5.41) is 8.98. The highest BCUT2D eigenvalue weighted by Crippen LogP contribution is 2.26. The van der Waals surface area contributed by atoms with Crippen molar-refractivity contribution < 1.29 is 19.4 Å². The number of rotatable bonds is 3. The van der Waals surface area contributed by atoms with Crippen molar-refractivity contribution in [1.82, 2.24) is 4.90 Å². The maximum Gasteiger partial charge on any atom is 0.334 e. The molecule has 1 N–H and O–H groups in total. The maximum absolute atomic E-state index is 10.9. The third kappa shape index (κ3) is 3.18. The lowest BCUT2D eigenvalue weighted by Crippen LogP contribution is -2.51. The predicted octanol–water partition coefficient (Wildman–Crippen LogP) is 0.729. The van der Waals surface area contributed by atoms with Gasteiger partial charge >= 0.3 is 5.97 Å². The summed E-state index contributed by atoms with van der Waals surface area (Å²) in [4.78, 5) is 13.2. The quantitative estimate of drug-likeness (QED) is 0.792. The van der Waals surface area contributed by atoms with Crippen molar-refractivity contribution in [2.75, 3.05) is 26.8 Å². The second-order valence-corrected chi connectivity index (χ2v) is 4.87. The monoisotopic (exact) mass is 243 g/mol. The molecule has 3 atom stereocenters. The number of ether oxygens (including phenoxy) is 2. The minimum Gasteiger partial charge on any atom is -0.479 e. The molecule has 1 heterocycles. The van der Waals surface area contributed by atoms with Gasteiger partial charge in [-0.05, 0) is 25.7 Å². The number of methoxy groups -OCH3 is 1. The first kappa shape index (κ1) is 12.8. The summed E-state index contributed by atoms with van der Waals surface area (Å²) in [6, 6.07) is 0.458. The van der Waals surface area contributed by atoms with Crippen molar-refractivity contribution in [1.29, 1.82) is 0 Å². The van der Waals surface area contributed by atoms with Crippen molar-refractivity contribution in [3.63, 3.8) is 0 Å². The SMILES string of the molecule is COC1CCCC(N2CCOC(C(=O)O)C2)C1. The fourth-order valence-corrected chi connectivity index (χ4v) is 2.82. The summed E-state index contributed by atoms with van der Waals surface area (Å²) in [6.07, 6.45) is 4.12. The third-order valence-corrected chi connectivity index (χ3v) is 3.82. The van der Waals surface area contributed by atoms with Crippen molar-refractivity contribution in [3.05, 3.63) is 0 Å². The Balaban J connectivity index is 1.90. The van der Waals surface area contributed by atoms with Gasteiger partial charge < -0.3 is 14.6 Å². The fraction of sp³-hybridized carbons (Fsp3) is 0.917. The lowest BCUT2D eigenvalue weighted by atomic mass is 9.91. The number of carboxylic acid groups (broad SMARTS) is 1. The smallest absolute Gasteiger partial charge is 0.334 e. The van der Waals surface area contributed by atoms with Crippen molar-refractivity contribution in [3.8, 4) is 0 Å². The Morgan fingerprint density at radius 3 is 3.00 bits per heavy atom. The molecule has 0 spiro atoms. The molecule has 1 saturated carbocycles. The summed E-state index contributed by atoms with van der Waals surface area (Å²) in [5.74, 6) is -0.853. The van der Waals surface area contributed by atoms with E-state index in [4.69, 9.17) is 14.6 Å². The predicted molar refractivity (Wildman–Crippen MR) is 62.0 cm³/mol. The molecule has 17 heavy (non-hydrogen) atoms. The summed E-state index contributed by atoms with van der Waals surface area (Å²) < 4.78 is 10.7. The van der Waals surface area contributed by atoms with Crippen LogP contribution >= 0.6 is 0 Å². The van der Waals surface area contributed by atoms with Crippen LogP contribution in [-0.4, -0.2) is 61.0 Å². The number of hydrogen-bond donors (Lipinski definition) is 1. The van der Waals surface area contributed by atoms with Crippen LogP contribution in [-0.2, 0) is 14.3 Å². The van der Waals surface area contributed by atoms with Gasteiger partial charge in [-0.1, -0.05) is 0 Å². The molecule has 5 nitrogen and oxygen atoms in total. The Morgan fingerprint density at radius 1 is 1.47 bits per heavy atom. The molecule has 3 unspecified atom stereocenters. The number of nitrogens with zero attached hydrogens (tertiary/aromatic N) is 1. The van der Waals surface area contributed by atoms with Gasteiger partial charge in [0.25, 0.3) is 0 Å². The molecule has 2 fully saturated rings. The van der Waals surface area contributed by atoms with Crippen LogP contribution in [0.5, 0.6) is 0 Å². The lowest BCUT2D eigenvalue weighted by molar-refractivity contribution is -0.157. The van der Waals surface area contributed by atoms with E-state index >= 15 is 0 Å².